The van der Waals surface area contributed by atoms with Crippen LogP contribution in [0.2, 0.25) is 0 Å². The summed E-state index contributed by atoms with van der Waals surface area (Å²) in [5.74, 6) is 0.287. The molecule has 0 aliphatic carbocycles. The summed E-state index contributed by atoms with van der Waals surface area (Å²) in [7, 11) is 0. The molecule has 0 saturated carbocycles. The Bertz CT molecular complexity index is 350. The molecule has 0 bridgehead atoms. The molecule has 1 heterocycles. The molecule has 1 rings (SSSR count). The maximum absolute atomic E-state index is 11.4. The topological polar surface area (TPSA) is 81.7 Å². The van der Waals surface area contributed by atoms with Gasteiger partial charge in [-0.3, -0.25) is 4.34 Å². The van der Waals surface area contributed by atoms with Gasteiger partial charge in [0.25, 0.3) is 0 Å². The van der Waals surface area contributed by atoms with Crippen LogP contribution >= 0.6 is 18.1 Å². The molecule has 1 atom stereocenters. The molecule has 0 N–H and O–H groups in total. The molecular formula is C6H7LiN3O2PS. The number of nitrogens with zero attached hydrogens (tertiary/aromatic N) is 3. The van der Waals surface area contributed by atoms with Crippen molar-refractivity contribution in [1.29, 1.82) is 5.26 Å². The molecule has 0 aliphatic rings. The van der Waals surface area contributed by atoms with Gasteiger partial charge >= 0.3 is 18.9 Å². The molecule has 1 aromatic rings. The van der Waals surface area contributed by atoms with Crippen LogP contribution < -0.4 is 23.8 Å². The normalized spacial score (nSPS) is 13.7. The first-order chi connectivity index (χ1) is 6.17. The first-order valence-corrected chi connectivity index (χ1v) is 6.65. The van der Waals surface area contributed by atoms with E-state index in [9.17, 15) is 9.46 Å². The van der Waals surface area contributed by atoms with Crippen molar-refractivity contribution in [2.75, 3.05) is 5.75 Å². The molecule has 14 heavy (non-hydrogen) atoms. The summed E-state index contributed by atoms with van der Waals surface area (Å²) in [5.41, 5.74) is 0. The fourth-order valence-corrected chi connectivity index (χ4v) is 3.28. The first kappa shape index (κ1) is 13.8. The monoisotopic (exact) mass is 223 g/mol. The van der Waals surface area contributed by atoms with Gasteiger partial charge in [-0.2, -0.15) is 5.26 Å². The number of nitriles is 1. The van der Waals surface area contributed by atoms with E-state index in [2.05, 4.69) is 4.98 Å². The van der Waals surface area contributed by atoms with Crippen molar-refractivity contribution in [2.45, 2.75) is 6.42 Å². The predicted molar refractivity (Wildman–Crippen MR) is 47.9 cm³/mol. The van der Waals surface area contributed by atoms with Gasteiger partial charge in [0.05, 0.1) is 12.4 Å². The largest absolute Gasteiger partial charge is 1.00 e. The zero-order valence-corrected chi connectivity index (χ0v) is 9.37. The zero-order valence-electron chi connectivity index (χ0n) is 7.66. The maximum Gasteiger partial charge on any atom is 1.00 e. The quantitative estimate of drug-likeness (QED) is 0.330. The molecule has 0 radical (unpaired) electrons. The Morgan fingerprint density at radius 3 is 2.93 bits per heavy atom. The van der Waals surface area contributed by atoms with Crippen LogP contribution in [0.1, 0.15) is 6.42 Å². The van der Waals surface area contributed by atoms with Crippen molar-refractivity contribution in [3.8, 4) is 6.07 Å². The van der Waals surface area contributed by atoms with E-state index in [0.717, 1.165) is 15.7 Å². The van der Waals surface area contributed by atoms with Crippen LogP contribution in [0.4, 0.5) is 0 Å². The second-order valence-corrected chi connectivity index (χ2v) is 6.38. The summed E-state index contributed by atoms with van der Waals surface area (Å²) in [5, 5.41) is 8.22. The second kappa shape index (κ2) is 6.35. The molecule has 70 valence electrons. The zero-order chi connectivity index (χ0) is 9.73. The van der Waals surface area contributed by atoms with Crippen molar-refractivity contribution < 1.29 is 28.3 Å². The van der Waals surface area contributed by atoms with E-state index in [-0.39, 0.29) is 31.0 Å². The van der Waals surface area contributed by atoms with Gasteiger partial charge in [0.2, 0.25) is 0 Å². The Kier molecular flexibility index (Phi) is 6.27. The Labute approximate surface area is 98.0 Å². The van der Waals surface area contributed by atoms with Crippen LogP contribution in [0.5, 0.6) is 0 Å². The standard InChI is InChI=1S/C6H8N3O2PS.Li/c7-2-1-5-13-12(10,11)9-4-3-8-6-9;/h3-4,6H,1,5H2,(H,10,11);/q;+1/p-1. The molecule has 0 spiro atoms. The summed E-state index contributed by atoms with van der Waals surface area (Å²) in [4.78, 5) is 15.0. The third-order valence-electron chi connectivity index (χ3n) is 1.24. The molecule has 1 unspecified atom stereocenters. The number of rotatable bonds is 4. The molecule has 5 nitrogen and oxygen atoms in total. The molecule has 0 aliphatic heterocycles. The average Bonchev–Trinajstić information content (AvgIpc) is 2.56. The fraction of sp³-hybridized carbons (Fsp3) is 0.333. The van der Waals surface area contributed by atoms with E-state index in [1.807, 2.05) is 6.07 Å². The third kappa shape index (κ3) is 3.92. The summed E-state index contributed by atoms with van der Waals surface area (Å²) in [6.45, 7) is -3.66. The minimum atomic E-state index is -3.66. The molecule has 0 aromatic carbocycles. The van der Waals surface area contributed by atoms with Crippen LogP contribution in [0.25, 0.3) is 0 Å². The summed E-state index contributed by atoms with van der Waals surface area (Å²) >= 11 is 0.761. The third-order valence-corrected chi connectivity index (χ3v) is 4.85. The minimum Gasteiger partial charge on any atom is -0.775 e. The summed E-state index contributed by atoms with van der Waals surface area (Å²) in [6, 6.07) is 1.88. The molecule has 8 heteroatoms. The van der Waals surface area contributed by atoms with Crippen molar-refractivity contribution >= 4 is 18.1 Å². The van der Waals surface area contributed by atoms with Crippen molar-refractivity contribution in [1.82, 2.24) is 9.32 Å². The fourth-order valence-electron chi connectivity index (χ4n) is 0.670. The van der Waals surface area contributed by atoms with Crippen LogP contribution in [0, 0.1) is 11.3 Å². The Balaban J connectivity index is 0.00000169. The van der Waals surface area contributed by atoms with E-state index in [0.29, 0.717) is 0 Å². The molecule has 0 amide bonds. The smallest absolute Gasteiger partial charge is 0.775 e. The van der Waals surface area contributed by atoms with E-state index >= 15 is 0 Å². The van der Waals surface area contributed by atoms with Gasteiger partial charge < -0.3 is 9.46 Å². The Morgan fingerprint density at radius 1 is 1.71 bits per heavy atom. The van der Waals surface area contributed by atoms with E-state index < -0.39 is 6.72 Å². The maximum atomic E-state index is 11.4. The van der Waals surface area contributed by atoms with Crippen molar-refractivity contribution in [3.05, 3.63) is 18.7 Å². The predicted octanol–water partition coefficient (Wildman–Crippen LogP) is -2.15. The van der Waals surface area contributed by atoms with Gasteiger partial charge in [-0.25, -0.2) is 4.98 Å². The molecular weight excluding hydrogens is 216 g/mol. The van der Waals surface area contributed by atoms with Gasteiger partial charge in [-0.1, -0.05) is 11.4 Å². The van der Waals surface area contributed by atoms with Gasteiger partial charge in [0, 0.05) is 24.6 Å². The van der Waals surface area contributed by atoms with Crippen molar-refractivity contribution in [3.63, 3.8) is 0 Å². The van der Waals surface area contributed by atoms with Gasteiger partial charge in [0.15, 0.2) is 6.72 Å². The second-order valence-electron chi connectivity index (χ2n) is 2.15. The van der Waals surface area contributed by atoms with Crippen LogP contribution in [-0.2, 0) is 4.57 Å². The number of imidazole rings is 1. The number of hydrogen-bond acceptors (Lipinski definition) is 5. The van der Waals surface area contributed by atoms with Crippen LogP contribution in [0.15, 0.2) is 18.7 Å². The molecule has 1 aromatic heterocycles. The van der Waals surface area contributed by atoms with Gasteiger partial charge in [-0.15, -0.1) is 0 Å². The SMILES string of the molecule is N#CCCSP(=O)([O-])n1ccnc1.[Li+]. The van der Waals surface area contributed by atoms with Crippen molar-refractivity contribution in [2.24, 2.45) is 0 Å². The summed E-state index contributed by atoms with van der Waals surface area (Å²) in [6.07, 6.45) is 4.22. The van der Waals surface area contributed by atoms with E-state index in [1.165, 1.54) is 18.7 Å². The Morgan fingerprint density at radius 2 is 2.43 bits per heavy atom. The van der Waals surface area contributed by atoms with Gasteiger partial charge in [-0.05, 0) is 0 Å². The molecule has 0 saturated heterocycles. The first-order valence-electron chi connectivity index (χ1n) is 3.48. The summed E-state index contributed by atoms with van der Waals surface area (Å²) < 4.78 is 12.4. The average molecular weight is 223 g/mol. The van der Waals surface area contributed by atoms with Gasteiger partial charge in [0.1, 0.15) is 0 Å². The van der Waals surface area contributed by atoms with E-state index in [4.69, 9.17) is 5.26 Å². The van der Waals surface area contributed by atoms with Crippen LogP contribution in [-0.4, -0.2) is 15.1 Å². The number of hydrogen-bond donors (Lipinski definition) is 0. The molecule has 0 fully saturated rings. The minimum absolute atomic E-state index is 0. The number of aromatic nitrogens is 2. The van der Waals surface area contributed by atoms with Crippen LogP contribution in [0.3, 0.4) is 0 Å². The Hall–Kier alpha value is -0.163. The van der Waals surface area contributed by atoms with E-state index in [1.54, 1.807) is 0 Å².